The molecule has 2 bridgehead atoms. The van der Waals surface area contributed by atoms with Crippen molar-refractivity contribution in [1.29, 1.82) is 0 Å². The van der Waals surface area contributed by atoms with E-state index in [1.807, 2.05) is 0 Å². The zero-order valence-corrected chi connectivity index (χ0v) is 15.1. The lowest BCUT2D eigenvalue weighted by molar-refractivity contribution is -0.127. The molecule has 2 aromatic rings. The molecule has 1 N–H and O–H groups in total. The monoisotopic (exact) mass is 357 g/mol. The van der Waals surface area contributed by atoms with Crippen molar-refractivity contribution in [2.45, 2.75) is 39.0 Å². The summed E-state index contributed by atoms with van der Waals surface area (Å²) in [7, 11) is 0. The van der Waals surface area contributed by atoms with E-state index in [4.69, 9.17) is 4.52 Å². The summed E-state index contributed by atoms with van der Waals surface area (Å²) >= 11 is 0. The van der Waals surface area contributed by atoms with E-state index in [1.165, 1.54) is 12.1 Å². The van der Waals surface area contributed by atoms with Crippen molar-refractivity contribution in [1.82, 2.24) is 15.5 Å². The summed E-state index contributed by atoms with van der Waals surface area (Å²) in [6.45, 7) is 4.86. The molecule has 0 saturated heterocycles. The molecule has 2 aliphatic carbocycles. The van der Waals surface area contributed by atoms with Crippen LogP contribution < -0.4 is 5.32 Å². The number of carbonyl (C=O) groups is 1. The van der Waals surface area contributed by atoms with Crippen LogP contribution >= 0.6 is 0 Å². The summed E-state index contributed by atoms with van der Waals surface area (Å²) in [4.78, 5) is 17.4. The first-order chi connectivity index (χ1) is 12.5. The molecule has 4 rings (SSSR count). The fourth-order valence-corrected chi connectivity index (χ4v) is 4.53. The second kappa shape index (κ2) is 6.82. The number of nitrogens with zero attached hydrogens (tertiary/aromatic N) is 2. The fraction of sp³-hybridized carbons (Fsp3) is 0.550. The third kappa shape index (κ3) is 3.13. The summed E-state index contributed by atoms with van der Waals surface area (Å²) in [6.07, 6.45) is 3.26. The van der Waals surface area contributed by atoms with Crippen molar-refractivity contribution in [3.63, 3.8) is 0 Å². The van der Waals surface area contributed by atoms with Gasteiger partial charge in [-0.05, 0) is 61.3 Å². The molecule has 0 aliphatic heterocycles. The van der Waals surface area contributed by atoms with Crippen LogP contribution in [-0.2, 0) is 4.79 Å². The van der Waals surface area contributed by atoms with Crippen molar-refractivity contribution in [2.75, 3.05) is 6.54 Å². The normalized spacial score (nSPS) is 27.2. The maximum atomic E-state index is 13.1. The van der Waals surface area contributed by atoms with Gasteiger partial charge in [0.25, 0.3) is 0 Å². The van der Waals surface area contributed by atoms with E-state index in [2.05, 4.69) is 29.3 Å². The first-order valence-electron chi connectivity index (χ1n) is 9.40. The summed E-state index contributed by atoms with van der Waals surface area (Å²) in [5.41, 5.74) is 0.713. The summed E-state index contributed by atoms with van der Waals surface area (Å²) in [5, 5.41) is 7.15. The molecule has 6 heteroatoms. The van der Waals surface area contributed by atoms with Gasteiger partial charge < -0.3 is 9.84 Å². The highest BCUT2D eigenvalue weighted by Crippen LogP contribution is 2.56. The van der Waals surface area contributed by atoms with Gasteiger partial charge in [-0.1, -0.05) is 19.0 Å². The minimum atomic E-state index is -0.299. The molecule has 5 nitrogen and oxygen atoms in total. The number of hydrogen-bond acceptors (Lipinski definition) is 4. The lowest BCUT2D eigenvalue weighted by Gasteiger charge is -2.27. The van der Waals surface area contributed by atoms with E-state index in [0.717, 1.165) is 19.3 Å². The van der Waals surface area contributed by atoms with Crippen molar-refractivity contribution in [3.05, 3.63) is 36.0 Å². The Hall–Kier alpha value is -2.24. The zero-order valence-electron chi connectivity index (χ0n) is 15.1. The van der Waals surface area contributed by atoms with Crippen molar-refractivity contribution < 1.29 is 13.7 Å². The number of hydrogen-bond donors (Lipinski definition) is 1. The Morgan fingerprint density at radius 2 is 2.00 bits per heavy atom. The molecule has 2 aliphatic rings. The SMILES string of the molecule is CC(C)CNC(=O)[C@H]1[C@H]2CC[C@H](C2)[C@@H]1c1nc(-c2ccc(F)cc2)no1. The Morgan fingerprint density at radius 3 is 2.73 bits per heavy atom. The van der Waals surface area contributed by atoms with E-state index in [-0.39, 0.29) is 23.6 Å². The van der Waals surface area contributed by atoms with E-state index in [0.29, 0.717) is 41.6 Å². The first-order valence-corrected chi connectivity index (χ1v) is 9.40. The van der Waals surface area contributed by atoms with Crippen LogP contribution in [0.5, 0.6) is 0 Å². The van der Waals surface area contributed by atoms with Crippen LogP contribution in [-0.4, -0.2) is 22.6 Å². The highest BCUT2D eigenvalue weighted by atomic mass is 19.1. The Kier molecular flexibility index (Phi) is 4.51. The molecule has 2 fully saturated rings. The zero-order chi connectivity index (χ0) is 18.3. The van der Waals surface area contributed by atoms with Crippen molar-refractivity contribution in [2.24, 2.45) is 23.7 Å². The first kappa shape index (κ1) is 17.2. The maximum Gasteiger partial charge on any atom is 0.231 e. The Bertz CT molecular complexity index is 787. The molecule has 0 unspecified atom stereocenters. The molecule has 0 radical (unpaired) electrons. The molecule has 26 heavy (non-hydrogen) atoms. The highest BCUT2D eigenvalue weighted by Gasteiger charge is 2.53. The van der Waals surface area contributed by atoms with Gasteiger partial charge >= 0.3 is 0 Å². The minimum absolute atomic E-state index is 0.0115. The third-order valence-corrected chi connectivity index (χ3v) is 5.73. The van der Waals surface area contributed by atoms with Gasteiger partial charge in [0.05, 0.1) is 11.8 Å². The van der Waals surface area contributed by atoms with Gasteiger partial charge in [-0.15, -0.1) is 0 Å². The molecule has 2 saturated carbocycles. The van der Waals surface area contributed by atoms with Crippen LogP contribution in [0.2, 0.25) is 0 Å². The third-order valence-electron chi connectivity index (χ3n) is 5.73. The summed E-state index contributed by atoms with van der Waals surface area (Å²) in [6, 6.07) is 6.03. The van der Waals surface area contributed by atoms with Gasteiger partial charge in [0.1, 0.15) is 5.82 Å². The molecule has 1 amide bonds. The molecular formula is C20H24FN3O2. The average molecular weight is 357 g/mol. The fourth-order valence-electron chi connectivity index (χ4n) is 4.53. The molecule has 4 atom stereocenters. The smallest absolute Gasteiger partial charge is 0.231 e. The Balaban J connectivity index is 1.57. The second-order valence-electron chi connectivity index (χ2n) is 7.99. The summed E-state index contributed by atoms with van der Waals surface area (Å²) in [5.74, 6) is 1.95. The van der Waals surface area contributed by atoms with Crippen LogP contribution in [0.3, 0.4) is 0 Å². The highest BCUT2D eigenvalue weighted by molar-refractivity contribution is 5.80. The van der Waals surface area contributed by atoms with Crippen LogP contribution in [0, 0.1) is 29.5 Å². The van der Waals surface area contributed by atoms with E-state index in [9.17, 15) is 9.18 Å². The second-order valence-corrected chi connectivity index (χ2v) is 7.99. The molecule has 0 spiro atoms. The van der Waals surface area contributed by atoms with Crippen molar-refractivity contribution >= 4 is 5.91 Å². The van der Waals surface area contributed by atoms with E-state index < -0.39 is 0 Å². The molecular weight excluding hydrogens is 333 g/mol. The molecule has 138 valence electrons. The van der Waals surface area contributed by atoms with Crippen LogP contribution in [0.4, 0.5) is 4.39 Å². The number of nitrogens with one attached hydrogen (secondary N) is 1. The number of carbonyl (C=O) groups excluding carboxylic acids is 1. The average Bonchev–Trinajstić information content (AvgIpc) is 3.35. The van der Waals surface area contributed by atoms with Gasteiger partial charge in [-0.3, -0.25) is 4.79 Å². The van der Waals surface area contributed by atoms with E-state index >= 15 is 0 Å². The Morgan fingerprint density at radius 1 is 1.27 bits per heavy atom. The van der Waals surface area contributed by atoms with Crippen LogP contribution in [0.15, 0.2) is 28.8 Å². The van der Waals surface area contributed by atoms with Gasteiger partial charge in [-0.25, -0.2) is 4.39 Å². The number of aromatic nitrogens is 2. The van der Waals surface area contributed by atoms with Crippen LogP contribution in [0.1, 0.15) is 44.9 Å². The van der Waals surface area contributed by atoms with Gasteiger partial charge in [-0.2, -0.15) is 4.98 Å². The van der Waals surface area contributed by atoms with Crippen molar-refractivity contribution in [3.8, 4) is 11.4 Å². The Labute approximate surface area is 152 Å². The largest absolute Gasteiger partial charge is 0.356 e. The predicted octanol–water partition coefficient (Wildman–Crippen LogP) is 3.78. The summed E-state index contributed by atoms with van der Waals surface area (Å²) < 4.78 is 18.7. The van der Waals surface area contributed by atoms with Gasteiger partial charge in [0, 0.05) is 12.1 Å². The standard InChI is InChI=1S/C20H24FN3O2/c1-11(2)10-22-19(25)16-13-3-4-14(9-13)17(16)20-23-18(24-26-20)12-5-7-15(21)8-6-12/h5-8,11,13-14,16-17H,3-4,9-10H2,1-2H3,(H,22,25)/t13-,14+,16-,17-/m0/s1. The number of amides is 1. The van der Waals surface area contributed by atoms with Gasteiger partial charge in [0.2, 0.25) is 17.6 Å². The number of rotatable bonds is 5. The number of halogens is 1. The van der Waals surface area contributed by atoms with Gasteiger partial charge in [0.15, 0.2) is 0 Å². The lowest BCUT2D eigenvalue weighted by atomic mass is 9.78. The number of benzene rings is 1. The topological polar surface area (TPSA) is 68.0 Å². The maximum absolute atomic E-state index is 13.1. The predicted molar refractivity (Wildman–Crippen MR) is 94.6 cm³/mol. The minimum Gasteiger partial charge on any atom is -0.356 e. The molecule has 1 heterocycles. The quantitative estimate of drug-likeness (QED) is 0.884. The molecule has 1 aromatic carbocycles. The lowest BCUT2D eigenvalue weighted by Crippen LogP contribution is -2.39. The molecule has 1 aromatic heterocycles. The number of fused-ring (bicyclic) bond motifs is 2. The van der Waals surface area contributed by atoms with Crippen LogP contribution in [0.25, 0.3) is 11.4 Å². The van der Waals surface area contributed by atoms with E-state index in [1.54, 1.807) is 12.1 Å².